The fraction of sp³-hybridized carbons (Fsp3) is 0.429. The van der Waals surface area contributed by atoms with E-state index in [4.69, 9.17) is 9.84 Å². The van der Waals surface area contributed by atoms with E-state index in [1.807, 2.05) is 6.92 Å². The molecule has 1 unspecified atom stereocenters. The van der Waals surface area contributed by atoms with Crippen LogP contribution < -0.4 is 4.74 Å². The van der Waals surface area contributed by atoms with Crippen LogP contribution in [0.1, 0.15) is 36.5 Å². The lowest BCUT2D eigenvalue weighted by atomic mass is 10.0. The van der Waals surface area contributed by atoms with E-state index in [0.717, 1.165) is 6.29 Å². The second-order valence-corrected chi connectivity index (χ2v) is 4.12. The number of carboxylic acids is 1. The standard InChI is InChI=1S/C14H18O4/c1-2-12(14(16)17)4-3-9-18-13-7-5-11(10-15)6-8-13/h5-8,10,12H,2-4,9H2,1H3,(H,16,17). The highest BCUT2D eigenvalue weighted by Gasteiger charge is 2.13. The zero-order chi connectivity index (χ0) is 13.4. The molecule has 0 aliphatic carbocycles. The normalized spacial score (nSPS) is 11.8. The van der Waals surface area contributed by atoms with Crippen molar-refractivity contribution >= 4 is 12.3 Å². The maximum Gasteiger partial charge on any atom is 0.306 e. The highest BCUT2D eigenvalue weighted by atomic mass is 16.5. The molecule has 4 heteroatoms. The van der Waals surface area contributed by atoms with Crippen molar-refractivity contribution in [1.29, 1.82) is 0 Å². The number of hydrogen-bond donors (Lipinski definition) is 1. The Morgan fingerprint density at radius 1 is 1.39 bits per heavy atom. The Labute approximate surface area is 107 Å². The van der Waals surface area contributed by atoms with E-state index in [2.05, 4.69) is 0 Å². The fourth-order valence-electron chi connectivity index (χ4n) is 1.66. The molecular weight excluding hydrogens is 232 g/mol. The van der Waals surface area contributed by atoms with Crippen LogP contribution in [0.3, 0.4) is 0 Å². The van der Waals surface area contributed by atoms with Crippen LogP contribution in [0.4, 0.5) is 0 Å². The number of aliphatic carboxylic acids is 1. The number of carbonyl (C=O) groups excluding carboxylic acids is 1. The molecule has 98 valence electrons. The van der Waals surface area contributed by atoms with Crippen LogP contribution >= 0.6 is 0 Å². The van der Waals surface area contributed by atoms with Crippen LogP contribution in [-0.2, 0) is 4.79 Å². The lowest BCUT2D eigenvalue weighted by molar-refractivity contribution is -0.142. The predicted molar refractivity (Wildman–Crippen MR) is 68.0 cm³/mol. The van der Waals surface area contributed by atoms with E-state index in [-0.39, 0.29) is 5.92 Å². The van der Waals surface area contributed by atoms with Crippen molar-refractivity contribution in [1.82, 2.24) is 0 Å². The summed E-state index contributed by atoms with van der Waals surface area (Å²) in [5.74, 6) is -0.331. The van der Waals surface area contributed by atoms with E-state index in [9.17, 15) is 9.59 Å². The van der Waals surface area contributed by atoms with Gasteiger partial charge in [-0.05, 0) is 43.5 Å². The average molecular weight is 250 g/mol. The largest absolute Gasteiger partial charge is 0.494 e. The Balaban J connectivity index is 2.28. The maximum atomic E-state index is 10.8. The van der Waals surface area contributed by atoms with Crippen LogP contribution in [0.2, 0.25) is 0 Å². The van der Waals surface area contributed by atoms with E-state index in [1.165, 1.54) is 0 Å². The minimum Gasteiger partial charge on any atom is -0.494 e. The van der Waals surface area contributed by atoms with Crippen LogP contribution in [0.5, 0.6) is 5.75 Å². The molecule has 4 nitrogen and oxygen atoms in total. The Kier molecular flexibility index (Phi) is 5.91. The third-order valence-electron chi connectivity index (χ3n) is 2.82. The first-order valence-corrected chi connectivity index (χ1v) is 6.08. The molecule has 0 aliphatic rings. The summed E-state index contributed by atoms with van der Waals surface area (Å²) in [6.07, 6.45) is 2.75. The van der Waals surface area contributed by atoms with Crippen molar-refractivity contribution in [3.63, 3.8) is 0 Å². The third-order valence-corrected chi connectivity index (χ3v) is 2.82. The number of carbonyl (C=O) groups is 2. The van der Waals surface area contributed by atoms with Crippen molar-refractivity contribution in [2.75, 3.05) is 6.61 Å². The second-order valence-electron chi connectivity index (χ2n) is 4.12. The first-order chi connectivity index (χ1) is 8.67. The Hall–Kier alpha value is -1.84. The molecule has 1 N–H and O–H groups in total. The second kappa shape index (κ2) is 7.48. The van der Waals surface area contributed by atoms with Crippen molar-refractivity contribution in [3.05, 3.63) is 29.8 Å². The molecule has 0 amide bonds. The van der Waals surface area contributed by atoms with Crippen molar-refractivity contribution in [2.24, 2.45) is 5.92 Å². The van der Waals surface area contributed by atoms with Gasteiger partial charge in [0.25, 0.3) is 0 Å². The van der Waals surface area contributed by atoms with Gasteiger partial charge in [-0.15, -0.1) is 0 Å². The van der Waals surface area contributed by atoms with Crippen molar-refractivity contribution < 1.29 is 19.4 Å². The van der Waals surface area contributed by atoms with E-state index in [1.54, 1.807) is 24.3 Å². The van der Waals surface area contributed by atoms with Crippen LogP contribution in [0.25, 0.3) is 0 Å². The first-order valence-electron chi connectivity index (χ1n) is 6.08. The molecule has 0 spiro atoms. The summed E-state index contributed by atoms with van der Waals surface area (Å²) in [4.78, 5) is 21.2. The van der Waals surface area contributed by atoms with Gasteiger partial charge in [-0.25, -0.2) is 0 Å². The molecule has 18 heavy (non-hydrogen) atoms. The van der Waals surface area contributed by atoms with Gasteiger partial charge in [0.2, 0.25) is 0 Å². The van der Waals surface area contributed by atoms with Gasteiger partial charge in [0.1, 0.15) is 12.0 Å². The van der Waals surface area contributed by atoms with E-state index in [0.29, 0.717) is 37.2 Å². The van der Waals surface area contributed by atoms with Gasteiger partial charge in [0.15, 0.2) is 0 Å². The number of rotatable bonds is 8. The van der Waals surface area contributed by atoms with Gasteiger partial charge < -0.3 is 9.84 Å². The Bertz CT molecular complexity index is 383. The summed E-state index contributed by atoms with van der Waals surface area (Å²) < 4.78 is 5.47. The molecule has 0 aliphatic heterocycles. The smallest absolute Gasteiger partial charge is 0.306 e. The quantitative estimate of drug-likeness (QED) is 0.569. The molecule has 0 radical (unpaired) electrons. The predicted octanol–water partition coefficient (Wildman–Crippen LogP) is 2.77. The Morgan fingerprint density at radius 2 is 2.06 bits per heavy atom. The fourth-order valence-corrected chi connectivity index (χ4v) is 1.66. The summed E-state index contributed by atoms with van der Waals surface area (Å²) in [5, 5.41) is 8.87. The monoisotopic (exact) mass is 250 g/mol. The SMILES string of the molecule is CCC(CCCOc1ccc(C=O)cc1)C(=O)O. The van der Waals surface area contributed by atoms with Gasteiger partial charge in [-0.3, -0.25) is 9.59 Å². The minimum absolute atomic E-state index is 0.286. The Morgan fingerprint density at radius 3 is 2.56 bits per heavy atom. The molecule has 0 aromatic heterocycles. The average Bonchev–Trinajstić information content (AvgIpc) is 2.39. The molecule has 0 fully saturated rings. The van der Waals surface area contributed by atoms with Gasteiger partial charge >= 0.3 is 5.97 Å². The summed E-state index contributed by atoms with van der Waals surface area (Å²) in [5.41, 5.74) is 0.610. The highest BCUT2D eigenvalue weighted by Crippen LogP contribution is 2.14. The summed E-state index contributed by atoms with van der Waals surface area (Å²) in [6, 6.07) is 6.85. The van der Waals surface area contributed by atoms with E-state index >= 15 is 0 Å². The van der Waals surface area contributed by atoms with Crippen LogP contribution in [-0.4, -0.2) is 24.0 Å². The molecule has 1 aromatic carbocycles. The van der Waals surface area contributed by atoms with Gasteiger partial charge in [-0.2, -0.15) is 0 Å². The number of carboxylic acid groups (broad SMARTS) is 1. The highest BCUT2D eigenvalue weighted by molar-refractivity contribution is 5.74. The minimum atomic E-state index is -0.743. The molecule has 1 atom stereocenters. The number of hydrogen-bond acceptors (Lipinski definition) is 3. The summed E-state index contributed by atoms with van der Waals surface area (Å²) >= 11 is 0. The zero-order valence-electron chi connectivity index (χ0n) is 10.5. The molecular formula is C14H18O4. The molecule has 0 saturated carbocycles. The third kappa shape index (κ3) is 4.57. The van der Waals surface area contributed by atoms with Gasteiger partial charge in [0.05, 0.1) is 12.5 Å². The lowest BCUT2D eigenvalue weighted by Crippen LogP contribution is -2.13. The topological polar surface area (TPSA) is 63.6 Å². The summed E-state index contributed by atoms with van der Waals surface area (Å²) in [7, 11) is 0. The maximum absolute atomic E-state index is 10.8. The number of ether oxygens (including phenoxy) is 1. The number of benzene rings is 1. The van der Waals surface area contributed by atoms with Crippen LogP contribution in [0, 0.1) is 5.92 Å². The zero-order valence-corrected chi connectivity index (χ0v) is 10.5. The summed E-state index contributed by atoms with van der Waals surface area (Å²) in [6.45, 7) is 2.36. The van der Waals surface area contributed by atoms with E-state index < -0.39 is 5.97 Å². The molecule has 1 rings (SSSR count). The lowest BCUT2D eigenvalue weighted by Gasteiger charge is -2.10. The first kappa shape index (κ1) is 14.2. The van der Waals surface area contributed by atoms with Crippen molar-refractivity contribution in [2.45, 2.75) is 26.2 Å². The van der Waals surface area contributed by atoms with Crippen LogP contribution in [0.15, 0.2) is 24.3 Å². The van der Waals surface area contributed by atoms with Gasteiger partial charge in [-0.1, -0.05) is 6.92 Å². The molecule has 0 saturated heterocycles. The van der Waals surface area contributed by atoms with Gasteiger partial charge in [0, 0.05) is 5.56 Å². The number of aldehydes is 1. The molecule has 1 aromatic rings. The molecule has 0 bridgehead atoms. The van der Waals surface area contributed by atoms with Crippen molar-refractivity contribution in [3.8, 4) is 5.75 Å². The molecule has 0 heterocycles.